The second kappa shape index (κ2) is 4.38. The molecule has 0 amide bonds. The lowest BCUT2D eigenvalue weighted by molar-refractivity contribution is 0.0981. The molecule has 0 aliphatic carbocycles. The van der Waals surface area contributed by atoms with Gasteiger partial charge in [0.2, 0.25) is 0 Å². The minimum absolute atomic E-state index is 0.00181. The van der Waals surface area contributed by atoms with E-state index in [1.54, 1.807) is 0 Å². The van der Waals surface area contributed by atoms with Crippen LogP contribution in [0.3, 0.4) is 0 Å². The fraction of sp³-hybridized carbons (Fsp3) is 0.300. The Kier molecular flexibility index (Phi) is 3.43. The number of carbonyl (C=O) groups is 1. The Balaban J connectivity index is 2.90. The topological polar surface area (TPSA) is 17.1 Å². The zero-order valence-electron chi connectivity index (χ0n) is 7.31. The summed E-state index contributed by atoms with van der Waals surface area (Å²) < 4.78 is 12.7. The number of benzene rings is 1. The van der Waals surface area contributed by atoms with Crippen LogP contribution < -0.4 is 0 Å². The molecule has 0 aliphatic heterocycles. The first-order valence-electron chi connectivity index (χ1n) is 4.13. The number of ketones is 1. The molecule has 0 radical (unpaired) electrons. The zero-order chi connectivity index (χ0) is 9.84. The molecule has 1 aromatic carbocycles. The van der Waals surface area contributed by atoms with Gasteiger partial charge in [-0.05, 0) is 24.6 Å². The summed E-state index contributed by atoms with van der Waals surface area (Å²) in [6.07, 6.45) is 1.26. The van der Waals surface area contributed by atoms with Gasteiger partial charge in [-0.1, -0.05) is 18.5 Å². The highest BCUT2D eigenvalue weighted by Crippen LogP contribution is 2.17. The molecule has 13 heavy (non-hydrogen) atoms. The van der Waals surface area contributed by atoms with E-state index < -0.39 is 5.82 Å². The molecule has 0 bridgehead atoms. The molecule has 0 unspecified atom stereocenters. The van der Waals surface area contributed by atoms with Crippen molar-refractivity contribution in [3.8, 4) is 0 Å². The van der Waals surface area contributed by atoms with Gasteiger partial charge in [0.05, 0.1) is 5.02 Å². The van der Waals surface area contributed by atoms with Gasteiger partial charge in [-0.3, -0.25) is 4.79 Å². The van der Waals surface area contributed by atoms with Crippen LogP contribution in [0.25, 0.3) is 0 Å². The van der Waals surface area contributed by atoms with E-state index in [-0.39, 0.29) is 10.8 Å². The summed E-state index contributed by atoms with van der Waals surface area (Å²) in [6.45, 7) is 1.92. The number of rotatable bonds is 3. The largest absolute Gasteiger partial charge is 0.294 e. The quantitative estimate of drug-likeness (QED) is 0.683. The number of hydrogen-bond donors (Lipinski definition) is 0. The minimum atomic E-state index is -0.491. The van der Waals surface area contributed by atoms with Crippen LogP contribution in [0.15, 0.2) is 18.2 Å². The molecule has 0 N–H and O–H groups in total. The summed E-state index contributed by atoms with van der Waals surface area (Å²) in [6, 6.07) is 4.04. The van der Waals surface area contributed by atoms with E-state index in [0.29, 0.717) is 12.0 Å². The lowest BCUT2D eigenvalue weighted by Crippen LogP contribution is -1.98. The third kappa shape index (κ3) is 2.52. The zero-order valence-corrected chi connectivity index (χ0v) is 8.07. The lowest BCUT2D eigenvalue weighted by atomic mass is 10.1. The summed E-state index contributed by atoms with van der Waals surface area (Å²) in [5.74, 6) is -0.487. The van der Waals surface area contributed by atoms with E-state index in [1.165, 1.54) is 18.2 Å². The van der Waals surface area contributed by atoms with Gasteiger partial charge in [-0.25, -0.2) is 4.39 Å². The summed E-state index contributed by atoms with van der Waals surface area (Å²) in [7, 11) is 0. The van der Waals surface area contributed by atoms with Crippen LogP contribution >= 0.6 is 11.6 Å². The Hall–Kier alpha value is -0.890. The normalized spacial score (nSPS) is 10.1. The van der Waals surface area contributed by atoms with Crippen LogP contribution in [0.1, 0.15) is 30.1 Å². The van der Waals surface area contributed by atoms with E-state index in [1.807, 2.05) is 6.92 Å². The van der Waals surface area contributed by atoms with Crippen molar-refractivity contribution < 1.29 is 9.18 Å². The number of hydrogen-bond acceptors (Lipinski definition) is 1. The molecule has 0 spiro atoms. The van der Waals surface area contributed by atoms with Gasteiger partial charge < -0.3 is 0 Å². The molecule has 70 valence electrons. The van der Waals surface area contributed by atoms with Crippen molar-refractivity contribution in [1.29, 1.82) is 0 Å². The second-order valence-electron chi connectivity index (χ2n) is 2.80. The van der Waals surface area contributed by atoms with Gasteiger partial charge in [0, 0.05) is 12.0 Å². The number of halogens is 2. The molecule has 1 nitrogen and oxygen atoms in total. The van der Waals surface area contributed by atoms with Crippen molar-refractivity contribution in [3.63, 3.8) is 0 Å². The van der Waals surface area contributed by atoms with Gasteiger partial charge >= 0.3 is 0 Å². The maximum atomic E-state index is 12.7. The highest BCUT2D eigenvalue weighted by atomic mass is 35.5. The molecule has 0 aromatic heterocycles. The first-order valence-corrected chi connectivity index (χ1v) is 4.51. The van der Waals surface area contributed by atoms with E-state index in [2.05, 4.69) is 0 Å². The van der Waals surface area contributed by atoms with Gasteiger partial charge in [-0.15, -0.1) is 0 Å². The maximum absolute atomic E-state index is 12.7. The predicted octanol–water partition coefficient (Wildman–Crippen LogP) is 3.46. The average molecular weight is 201 g/mol. The highest BCUT2D eigenvalue weighted by molar-refractivity contribution is 6.31. The van der Waals surface area contributed by atoms with Gasteiger partial charge in [0.1, 0.15) is 5.82 Å². The predicted molar refractivity (Wildman–Crippen MR) is 50.6 cm³/mol. The van der Waals surface area contributed by atoms with E-state index in [9.17, 15) is 9.18 Å². The van der Waals surface area contributed by atoms with Gasteiger partial charge in [-0.2, -0.15) is 0 Å². The van der Waals surface area contributed by atoms with E-state index >= 15 is 0 Å². The van der Waals surface area contributed by atoms with Crippen LogP contribution in [0.5, 0.6) is 0 Å². The summed E-state index contributed by atoms with van der Waals surface area (Å²) >= 11 is 5.53. The summed E-state index contributed by atoms with van der Waals surface area (Å²) in [5, 5.41) is 0.00181. The highest BCUT2D eigenvalue weighted by Gasteiger charge is 2.07. The molecule has 0 heterocycles. The molecule has 0 aliphatic rings. The molecular formula is C10H10ClFO. The van der Waals surface area contributed by atoms with Crippen molar-refractivity contribution in [2.45, 2.75) is 19.8 Å². The average Bonchev–Trinajstić information content (AvgIpc) is 2.10. The van der Waals surface area contributed by atoms with Crippen molar-refractivity contribution in [2.24, 2.45) is 0 Å². The second-order valence-corrected chi connectivity index (χ2v) is 3.21. The third-order valence-corrected chi connectivity index (χ3v) is 2.01. The Labute approximate surface area is 81.5 Å². The summed E-state index contributed by atoms with van der Waals surface area (Å²) in [4.78, 5) is 11.3. The van der Waals surface area contributed by atoms with Crippen molar-refractivity contribution in [1.82, 2.24) is 0 Å². The van der Waals surface area contributed by atoms with Crippen LogP contribution in [0, 0.1) is 5.82 Å². The Bertz CT molecular complexity index is 323. The molecule has 1 rings (SSSR count). The molecule has 0 saturated carbocycles. The minimum Gasteiger partial charge on any atom is -0.294 e. The Morgan fingerprint density at radius 3 is 2.77 bits per heavy atom. The van der Waals surface area contributed by atoms with Crippen molar-refractivity contribution in [3.05, 3.63) is 34.6 Å². The maximum Gasteiger partial charge on any atom is 0.162 e. The monoisotopic (exact) mass is 200 g/mol. The van der Waals surface area contributed by atoms with Crippen molar-refractivity contribution in [2.75, 3.05) is 0 Å². The number of Topliss-reactive ketones (excluding diaryl/α,β-unsaturated/α-hetero) is 1. The molecular weight excluding hydrogens is 191 g/mol. The molecule has 0 fully saturated rings. The van der Waals surface area contributed by atoms with Gasteiger partial charge in [0.15, 0.2) is 5.78 Å². The fourth-order valence-electron chi connectivity index (χ4n) is 1.04. The van der Waals surface area contributed by atoms with Crippen LogP contribution in [-0.2, 0) is 0 Å². The van der Waals surface area contributed by atoms with Crippen molar-refractivity contribution >= 4 is 17.4 Å². The van der Waals surface area contributed by atoms with Crippen LogP contribution in [0.2, 0.25) is 5.02 Å². The molecule has 0 atom stereocenters. The Morgan fingerprint density at radius 1 is 1.54 bits per heavy atom. The molecule has 1 aromatic rings. The molecule has 0 saturated heterocycles. The lowest BCUT2D eigenvalue weighted by Gasteiger charge is -1.99. The number of carbonyl (C=O) groups excluding carboxylic acids is 1. The Morgan fingerprint density at radius 2 is 2.23 bits per heavy atom. The standard InChI is InChI=1S/C10H10ClFO/c1-2-3-10(13)7-4-5-9(12)8(11)6-7/h4-6H,2-3H2,1H3. The first-order chi connectivity index (χ1) is 6.15. The first kappa shape index (κ1) is 10.2. The summed E-state index contributed by atoms with van der Waals surface area (Å²) in [5.41, 5.74) is 0.480. The van der Waals surface area contributed by atoms with E-state index in [4.69, 9.17) is 11.6 Å². The SMILES string of the molecule is CCCC(=O)c1ccc(F)c(Cl)c1. The third-order valence-electron chi connectivity index (χ3n) is 1.72. The fourth-order valence-corrected chi connectivity index (χ4v) is 1.22. The smallest absolute Gasteiger partial charge is 0.162 e. The van der Waals surface area contributed by atoms with E-state index in [0.717, 1.165) is 6.42 Å². The van der Waals surface area contributed by atoms with Gasteiger partial charge in [0.25, 0.3) is 0 Å². The van der Waals surface area contributed by atoms with Crippen LogP contribution in [-0.4, -0.2) is 5.78 Å². The van der Waals surface area contributed by atoms with Crippen LogP contribution in [0.4, 0.5) is 4.39 Å². The molecule has 3 heteroatoms.